The van der Waals surface area contributed by atoms with E-state index in [1.54, 1.807) is 48.5 Å². The van der Waals surface area contributed by atoms with Gasteiger partial charge in [-0.25, -0.2) is 4.79 Å². The van der Waals surface area contributed by atoms with Crippen LogP contribution in [0.5, 0.6) is 0 Å². The number of aliphatic carboxylic acids is 1. The molecule has 0 aliphatic carbocycles. The minimum absolute atomic E-state index is 0.236. The number of rotatable bonds is 4. The lowest BCUT2D eigenvalue weighted by molar-refractivity contribution is -0.139. The lowest BCUT2D eigenvalue weighted by Crippen LogP contribution is -2.34. The molecule has 2 aromatic carbocycles. The first-order valence-electron chi connectivity index (χ1n) is 6.12. The number of benzene rings is 2. The Balaban J connectivity index is 2.25. The lowest BCUT2D eigenvalue weighted by Gasteiger charge is -2.15. The topological polar surface area (TPSA) is 92.4 Å². The van der Waals surface area contributed by atoms with Gasteiger partial charge in [-0.1, -0.05) is 46.3 Å². The summed E-state index contributed by atoms with van der Waals surface area (Å²) < 4.78 is 0.745. The maximum atomic E-state index is 12.2. The van der Waals surface area contributed by atoms with E-state index in [1.165, 1.54) is 0 Å². The average Bonchev–Trinajstić information content (AvgIpc) is 2.45. The molecule has 1 unspecified atom stereocenters. The summed E-state index contributed by atoms with van der Waals surface area (Å²) in [6, 6.07) is 12.2. The molecule has 4 N–H and O–H groups in total. The van der Waals surface area contributed by atoms with E-state index in [9.17, 15) is 14.7 Å². The molecular formula is C15H13BrN2O3. The van der Waals surface area contributed by atoms with Gasteiger partial charge in [0.15, 0.2) is 6.04 Å². The highest BCUT2D eigenvalue weighted by Gasteiger charge is 2.23. The number of hydrogen-bond acceptors (Lipinski definition) is 3. The third kappa shape index (κ3) is 3.61. The van der Waals surface area contributed by atoms with Crippen LogP contribution in [-0.2, 0) is 4.79 Å². The van der Waals surface area contributed by atoms with Gasteiger partial charge in [0.2, 0.25) is 0 Å². The van der Waals surface area contributed by atoms with Crippen LogP contribution in [0, 0.1) is 0 Å². The Kier molecular flexibility index (Phi) is 4.59. The van der Waals surface area contributed by atoms with Crippen LogP contribution in [-0.4, -0.2) is 17.0 Å². The maximum absolute atomic E-state index is 12.2. The molecule has 2 aromatic rings. The molecule has 0 aliphatic rings. The molecule has 0 spiro atoms. The van der Waals surface area contributed by atoms with E-state index >= 15 is 0 Å². The first-order valence-corrected chi connectivity index (χ1v) is 6.92. The zero-order valence-corrected chi connectivity index (χ0v) is 12.5. The summed E-state index contributed by atoms with van der Waals surface area (Å²) in [4.78, 5) is 23.5. The zero-order valence-electron chi connectivity index (χ0n) is 10.9. The Hall–Kier alpha value is -2.34. The van der Waals surface area contributed by atoms with E-state index in [0.29, 0.717) is 5.56 Å². The maximum Gasteiger partial charge on any atom is 0.330 e. The predicted molar refractivity (Wildman–Crippen MR) is 82.8 cm³/mol. The Bertz CT molecular complexity index is 674. The fourth-order valence-corrected chi connectivity index (χ4v) is 2.26. The highest BCUT2D eigenvalue weighted by molar-refractivity contribution is 9.10. The lowest BCUT2D eigenvalue weighted by atomic mass is 10.1. The van der Waals surface area contributed by atoms with Crippen LogP contribution >= 0.6 is 15.9 Å². The Labute approximate surface area is 129 Å². The number of carbonyl (C=O) groups excluding carboxylic acids is 1. The summed E-state index contributed by atoms with van der Waals surface area (Å²) in [6.45, 7) is 0. The van der Waals surface area contributed by atoms with E-state index in [-0.39, 0.29) is 11.3 Å². The van der Waals surface area contributed by atoms with E-state index in [1.807, 2.05) is 0 Å². The van der Waals surface area contributed by atoms with Gasteiger partial charge in [-0.2, -0.15) is 0 Å². The third-order valence-corrected chi connectivity index (χ3v) is 3.41. The molecule has 0 fully saturated rings. The van der Waals surface area contributed by atoms with Gasteiger partial charge in [0.1, 0.15) is 0 Å². The van der Waals surface area contributed by atoms with E-state index in [4.69, 9.17) is 5.73 Å². The second-order valence-corrected chi connectivity index (χ2v) is 5.30. The number of carboxylic acids is 1. The number of hydrogen-bond donors (Lipinski definition) is 3. The van der Waals surface area contributed by atoms with E-state index in [2.05, 4.69) is 21.2 Å². The SMILES string of the molecule is Nc1cc(Br)ccc1C(=O)NC(C(=O)O)c1ccccc1. The number of nitrogens with one attached hydrogen (secondary N) is 1. The average molecular weight is 349 g/mol. The van der Waals surface area contributed by atoms with Crippen molar-refractivity contribution >= 4 is 33.5 Å². The van der Waals surface area contributed by atoms with Gasteiger partial charge in [0.25, 0.3) is 5.91 Å². The van der Waals surface area contributed by atoms with Crippen molar-refractivity contribution in [3.8, 4) is 0 Å². The Morgan fingerprint density at radius 1 is 1.14 bits per heavy atom. The van der Waals surface area contributed by atoms with Crippen molar-refractivity contribution in [3.63, 3.8) is 0 Å². The first kappa shape index (κ1) is 15.1. The van der Waals surface area contributed by atoms with Gasteiger partial charge >= 0.3 is 5.97 Å². The molecule has 0 saturated heterocycles. The number of carboxylic acid groups (broad SMARTS) is 1. The van der Waals surface area contributed by atoms with Gasteiger partial charge < -0.3 is 16.2 Å². The van der Waals surface area contributed by atoms with Crippen molar-refractivity contribution in [2.75, 3.05) is 5.73 Å². The number of nitrogen functional groups attached to an aromatic ring is 1. The van der Waals surface area contributed by atoms with Crippen LogP contribution in [0.3, 0.4) is 0 Å². The van der Waals surface area contributed by atoms with Crippen LogP contribution < -0.4 is 11.1 Å². The normalized spacial score (nSPS) is 11.7. The van der Waals surface area contributed by atoms with Crippen molar-refractivity contribution < 1.29 is 14.7 Å². The van der Waals surface area contributed by atoms with Crippen LogP contribution in [0.15, 0.2) is 53.0 Å². The molecule has 0 bridgehead atoms. The van der Waals surface area contributed by atoms with Crippen LogP contribution in [0.4, 0.5) is 5.69 Å². The highest BCUT2D eigenvalue weighted by Crippen LogP contribution is 2.20. The second-order valence-electron chi connectivity index (χ2n) is 4.39. The molecular weight excluding hydrogens is 336 g/mol. The number of anilines is 1. The van der Waals surface area contributed by atoms with Crippen molar-refractivity contribution in [2.24, 2.45) is 0 Å². The van der Waals surface area contributed by atoms with Crippen molar-refractivity contribution in [1.82, 2.24) is 5.32 Å². The largest absolute Gasteiger partial charge is 0.479 e. The third-order valence-electron chi connectivity index (χ3n) is 2.91. The molecule has 0 radical (unpaired) electrons. The van der Waals surface area contributed by atoms with E-state index in [0.717, 1.165) is 4.47 Å². The molecule has 0 aromatic heterocycles. The summed E-state index contributed by atoms with van der Waals surface area (Å²) >= 11 is 3.25. The van der Waals surface area contributed by atoms with Crippen LogP contribution in [0.1, 0.15) is 22.0 Å². The minimum Gasteiger partial charge on any atom is -0.479 e. The fourth-order valence-electron chi connectivity index (χ4n) is 1.88. The smallest absolute Gasteiger partial charge is 0.330 e. The zero-order chi connectivity index (χ0) is 15.4. The monoisotopic (exact) mass is 348 g/mol. The summed E-state index contributed by atoms with van der Waals surface area (Å²) in [5.74, 6) is -1.67. The van der Waals surface area contributed by atoms with Gasteiger partial charge in [-0.05, 0) is 23.8 Å². The number of nitrogens with two attached hydrogens (primary N) is 1. The van der Waals surface area contributed by atoms with Crippen molar-refractivity contribution in [1.29, 1.82) is 0 Å². The molecule has 108 valence electrons. The molecule has 5 nitrogen and oxygen atoms in total. The molecule has 0 aliphatic heterocycles. The van der Waals surface area contributed by atoms with Crippen molar-refractivity contribution in [3.05, 3.63) is 64.1 Å². The van der Waals surface area contributed by atoms with E-state index < -0.39 is 17.9 Å². The number of carbonyl (C=O) groups is 2. The van der Waals surface area contributed by atoms with Gasteiger partial charge in [0.05, 0.1) is 5.56 Å². The van der Waals surface area contributed by atoms with Gasteiger partial charge in [0, 0.05) is 10.2 Å². The first-order chi connectivity index (χ1) is 9.99. The fraction of sp³-hybridized carbons (Fsp3) is 0.0667. The number of amides is 1. The summed E-state index contributed by atoms with van der Waals surface area (Å²) in [5.41, 5.74) is 6.78. The second kappa shape index (κ2) is 6.41. The quantitative estimate of drug-likeness (QED) is 0.740. The summed E-state index contributed by atoms with van der Waals surface area (Å²) in [7, 11) is 0. The van der Waals surface area contributed by atoms with Crippen LogP contribution in [0.25, 0.3) is 0 Å². The molecule has 6 heteroatoms. The minimum atomic E-state index is -1.13. The summed E-state index contributed by atoms with van der Waals surface area (Å²) in [5, 5.41) is 11.8. The Morgan fingerprint density at radius 3 is 2.38 bits per heavy atom. The van der Waals surface area contributed by atoms with Crippen LogP contribution in [0.2, 0.25) is 0 Å². The number of halogens is 1. The summed E-state index contributed by atoms with van der Waals surface area (Å²) in [6.07, 6.45) is 0. The molecule has 0 heterocycles. The van der Waals surface area contributed by atoms with Gasteiger partial charge in [-0.3, -0.25) is 4.79 Å². The van der Waals surface area contributed by atoms with Gasteiger partial charge in [-0.15, -0.1) is 0 Å². The highest BCUT2D eigenvalue weighted by atomic mass is 79.9. The molecule has 0 saturated carbocycles. The standard InChI is InChI=1S/C15H13BrN2O3/c16-10-6-7-11(12(17)8-10)14(19)18-13(15(20)21)9-4-2-1-3-5-9/h1-8,13H,17H2,(H,18,19)(H,20,21). The molecule has 2 rings (SSSR count). The molecule has 21 heavy (non-hydrogen) atoms. The molecule has 1 amide bonds. The molecule has 1 atom stereocenters. The predicted octanol–water partition coefficient (Wildman–Crippen LogP) is 2.59. The Morgan fingerprint density at radius 2 is 1.81 bits per heavy atom. The van der Waals surface area contributed by atoms with Crippen molar-refractivity contribution in [2.45, 2.75) is 6.04 Å².